The Labute approximate surface area is 393 Å². The monoisotopic (exact) mass is 927 g/mol. The van der Waals surface area contributed by atoms with Crippen molar-refractivity contribution in [2.24, 2.45) is 28.7 Å². The van der Waals surface area contributed by atoms with Gasteiger partial charge in [0.05, 0.1) is 17.0 Å². The second-order valence-corrected chi connectivity index (χ2v) is 21.0. The van der Waals surface area contributed by atoms with E-state index in [-0.39, 0.29) is 34.6 Å². The summed E-state index contributed by atoms with van der Waals surface area (Å²) in [5, 5.41) is 9.87. The van der Waals surface area contributed by atoms with Gasteiger partial charge in [-0.1, -0.05) is 72.8 Å². The molecular formula is C51H64Cl2FN7O4. The van der Waals surface area contributed by atoms with E-state index >= 15 is 9.18 Å². The first kappa shape index (κ1) is 46.0. The third-order valence-corrected chi connectivity index (χ3v) is 17.0. The molecule has 2 spiro atoms. The minimum Gasteiger partial charge on any atom is -0.357 e. The summed E-state index contributed by atoms with van der Waals surface area (Å²) in [6.45, 7) is 12.7. The molecular weight excluding hydrogens is 865 g/mol. The number of halogens is 3. The van der Waals surface area contributed by atoms with Crippen LogP contribution in [0.3, 0.4) is 0 Å². The number of nitrogens with zero attached hydrogens (tertiary/aromatic N) is 4. The molecule has 14 heteroatoms. The van der Waals surface area contributed by atoms with Crippen LogP contribution < -0.4 is 16.0 Å². The number of aliphatic imine (C=N–C) groups is 1. The zero-order valence-corrected chi connectivity index (χ0v) is 39.2. The number of carbonyl (C=O) groups is 4. The maximum atomic E-state index is 16.4. The Morgan fingerprint density at radius 1 is 0.877 bits per heavy atom. The standard InChI is InChI=1S/C51H64Cl2FN7O4/c1-32(38-10-12-43(62)57-47(38)63)13-22-55-33(2)60-25-18-36(19-26-60)31-59-23-14-34(15-24-59)29-35-16-27-61(28-17-35)48(64)46-44(39-7-6-8-41(53)45(39)54)51(50(58-46)20-4-3-5-21-50)40-11-9-37(52)30-42(40)56-49(51)65/h6-9,11,13,22,30,34-36,38,44,46,58H,2-5,10,12,14-21,23-29,31H2,1H3,(H,56,65)(H,57,62,63)/b32-13+,55-22?/t38?,44?,46?,51-/m1/s1. The van der Waals surface area contributed by atoms with Gasteiger partial charge < -0.3 is 20.0 Å². The molecule has 2 aromatic carbocycles. The van der Waals surface area contributed by atoms with E-state index in [1.54, 1.807) is 30.5 Å². The van der Waals surface area contributed by atoms with Gasteiger partial charge in [0, 0.05) is 67.5 Å². The van der Waals surface area contributed by atoms with Gasteiger partial charge in [0.15, 0.2) is 0 Å². The van der Waals surface area contributed by atoms with Gasteiger partial charge in [-0.15, -0.1) is 0 Å². The topological polar surface area (TPSA) is 126 Å². The van der Waals surface area contributed by atoms with E-state index in [4.69, 9.17) is 23.2 Å². The highest BCUT2D eigenvalue weighted by atomic mass is 35.5. The summed E-state index contributed by atoms with van der Waals surface area (Å²) in [6.07, 6.45) is 16.4. The van der Waals surface area contributed by atoms with Gasteiger partial charge in [0.1, 0.15) is 17.1 Å². The second-order valence-electron chi connectivity index (χ2n) is 20.1. The van der Waals surface area contributed by atoms with Gasteiger partial charge >= 0.3 is 0 Å². The molecule has 9 rings (SSSR count). The van der Waals surface area contributed by atoms with Crippen LogP contribution in [-0.4, -0.2) is 102 Å². The highest BCUT2D eigenvalue weighted by Crippen LogP contribution is 2.63. The molecule has 1 saturated carbocycles. The summed E-state index contributed by atoms with van der Waals surface area (Å²) in [5.74, 6) is 0.252. The maximum absolute atomic E-state index is 16.4. The van der Waals surface area contributed by atoms with Crippen molar-refractivity contribution in [3.05, 3.63) is 87.4 Å². The van der Waals surface area contributed by atoms with Crippen molar-refractivity contribution in [3.8, 4) is 0 Å². The van der Waals surface area contributed by atoms with Gasteiger partial charge in [0.2, 0.25) is 23.6 Å². The Hall–Kier alpha value is -4.10. The third kappa shape index (κ3) is 8.94. The zero-order valence-electron chi connectivity index (χ0n) is 37.7. The summed E-state index contributed by atoms with van der Waals surface area (Å²) in [7, 11) is 0. The highest BCUT2D eigenvalue weighted by Gasteiger charge is 2.72. The van der Waals surface area contributed by atoms with Gasteiger partial charge in [-0.25, -0.2) is 9.38 Å². The third-order valence-electron chi connectivity index (χ3n) is 16.4. The second kappa shape index (κ2) is 19.2. The van der Waals surface area contributed by atoms with Crippen molar-refractivity contribution < 1.29 is 23.6 Å². The molecule has 5 saturated heterocycles. The molecule has 2 aromatic rings. The Balaban J connectivity index is 0.774. The number of nitrogens with one attached hydrogen (secondary N) is 3. The van der Waals surface area contributed by atoms with E-state index in [1.807, 2.05) is 24.0 Å². The van der Waals surface area contributed by atoms with E-state index < -0.39 is 28.7 Å². The number of imide groups is 1. The predicted octanol–water partition coefficient (Wildman–Crippen LogP) is 8.37. The minimum atomic E-state index is -1.23. The van der Waals surface area contributed by atoms with Crippen molar-refractivity contribution in [2.45, 2.75) is 120 Å². The predicted molar refractivity (Wildman–Crippen MR) is 253 cm³/mol. The number of amides is 4. The SMILES string of the molecule is C=C(N=C/C=C(\C)C1CCC(=O)NC1=O)N1CCC(CN2CCC(CC3CCN(C(=O)C4NC5(CCCCC5)[C@@]5(C(=O)Nc6cc(Cl)ccc65)C4c4cccc(Cl)c4F)CC3)CC2)CC1. The largest absolute Gasteiger partial charge is 0.357 e. The summed E-state index contributed by atoms with van der Waals surface area (Å²) in [6, 6.07) is 9.63. The van der Waals surface area contributed by atoms with Crippen LogP contribution in [0.2, 0.25) is 10.0 Å². The molecule has 348 valence electrons. The maximum Gasteiger partial charge on any atom is 0.240 e. The first-order valence-corrected chi connectivity index (χ1v) is 24.9. The Kier molecular flexibility index (Phi) is 13.6. The van der Waals surface area contributed by atoms with Crippen LogP contribution in [0.5, 0.6) is 0 Å². The molecule has 4 atom stereocenters. The molecule has 1 aliphatic carbocycles. The number of piperidine rings is 4. The lowest BCUT2D eigenvalue weighted by Crippen LogP contribution is -2.60. The lowest BCUT2D eigenvalue weighted by molar-refractivity contribution is -0.136. The van der Waals surface area contributed by atoms with E-state index in [0.29, 0.717) is 72.8 Å². The highest BCUT2D eigenvalue weighted by molar-refractivity contribution is 6.31. The quantitative estimate of drug-likeness (QED) is 0.162. The average molecular weight is 929 g/mol. The zero-order chi connectivity index (χ0) is 45.5. The number of allylic oxidation sites excluding steroid dienone is 1. The van der Waals surface area contributed by atoms with Crippen LogP contribution in [-0.2, 0) is 24.6 Å². The van der Waals surface area contributed by atoms with Crippen LogP contribution in [0.25, 0.3) is 0 Å². The first-order chi connectivity index (χ1) is 31.4. The van der Waals surface area contributed by atoms with Crippen molar-refractivity contribution in [3.63, 3.8) is 0 Å². The van der Waals surface area contributed by atoms with Crippen LogP contribution in [0.15, 0.2) is 65.4 Å². The van der Waals surface area contributed by atoms with Crippen LogP contribution in [0, 0.1) is 29.5 Å². The fraction of sp³-hybridized carbons (Fsp3) is 0.588. The number of hydrogen-bond donors (Lipinski definition) is 3. The number of fused-ring (bicyclic) bond motifs is 3. The summed E-state index contributed by atoms with van der Waals surface area (Å²) in [4.78, 5) is 64.9. The molecule has 0 aromatic heterocycles. The number of likely N-dealkylation sites (tertiary alicyclic amines) is 3. The number of hydrogen-bond acceptors (Lipinski definition) is 8. The van der Waals surface area contributed by atoms with Gasteiger partial charge in [-0.05, 0) is 137 Å². The first-order valence-electron chi connectivity index (χ1n) is 24.2. The molecule has 6 fully saturated rings. The molecule has 6 aliphatic heterocycles. The van der Waals surface area contributed by atoms with Crippen molar-refractivity contribution in [1.82, 2.24) is 25.3 Å². The molecule has 4 amide bonds. The molecule has 3 unspecified atom stereocenters. The van der Waals surface area contributed by atoms with Gasteiger partial charge in [-0.3, -0.25) is 29.8 Å². The average Bonchev–Trinajstić information content (AvgIpc) is 3.75. The number of rotatable bonds is 10. The lowest BCUT2D eigenvalue weighted by atomic mass is 9.55. The van der Waals surface area contributed by atoms with Crippen molar-refractivity contribution in [2.75, 3.05) is 51.1 Å². The summed E-state index contributed by atoms with van der Waals surface area (Å²) in [5.41, 5.74) is 0.625. The Morgan fingerprint density at radius 2 is 1.55 bits per heavy atom. The fourth-order valence-corrected chi connectivity index (χ4v) is 13.3. The summed E-state index contributed by atoms with van der Waals surface area (Å²) < 4.78 is 16.4. The molecule has 65 heavy (non-hydrogen) atoms. The molecule has 3 N–H and O–H groups in total. The van der Waals surface area contributed by atoms with Gasteiger partial charge in [0.25, 0.3) is 0 Å². The van der Waals surface area contributed by atoms with Gasteiger partial charge in [-0.2, -0.15) is 0 Å². The Morgan fingerprint density at radius 3 is 2.26 bits per heavy atom. The Bertz CT molecular complexity index is 2240. The lowest BCUT2D eigenvalue weighted by Gasteiger charge is -2.47. The number of anilines is 1. The smallest absolute Gasteiger partial charge is 0.240 e. The van der Waals surface area contributed by atoms with Crippen LogP contribution >= 0.6 is 23.2 Å². The minimum absolute atomic E-state index is 0.0178. The molecule has 0 bridgehead atoms. The number of benzene rings is 2. The number of carbonyl (C=O) groups excluding carboxylic acids is 4. The van der Waals surface area contributed by atoms with E-state index in [9.17, 15) is 14.4 Å². The molecule has 11 nitrogen and oxygen atoms in total. The van der Waals surface area contributed by atoms with Crippen molar-refractivity contribution in [1.29, 1.82) is 0 Å². The fourth-order valence-electron chi connectivity index (χ4n) is 13.0. The van der Waals surface area contributed by atoms with E-state index in [2.05, 4.69) is 37.3 Å². The summed E-state index contributed by atoms with van der Waals surface area (Å²) >= 11 is 12.9. The van der Waals surface area contributed by atoms with E-state index in [0.717, 1.165) is 94.6 Å². The normalized spacial score (nSPS) is 28.3. The van der Waals surface area contributed by atoms with Crippen LogP contribution in [0.4, 0.5) is 10.1 Å². The van der Waals surface area contributed by atoms with Crippen molar-refractivity contribution >= 4 is 58.7 Å². The molecule has 6 heterocycles. The molecule has 0 radical (unpaired) electrons. The van der Waals surface area contributed by atoms with E-state index in [1.165, 1.54) is 25.3 Å². The molecule has 7 aliphatic rings. The van der Waals surface area contributed by atoms with Crippen LogP contribution in [0.1, 0.15) is 114 Å².